The van der Waals surface area contributed by atoms with E-state index >= 15 is 0 Å². The molecule has 1 aliphatic heterocycles. The van der Waals surface area contributed by atoms with Crippen molar-refractivity contribution in [3.05, 3.63) is 24.3 Å². The lowest BCUT2D eigenvalue weighted by atomic mass is 9.99. The maximum absolute atomic E-state index is 13.0. The van der Waals surface area contributed by atoms with Crippen LogP contribution in [0.4, 0.5) is 0 Å². The molecule has 1 aliphatic rings. The number of rotatable bonds is 33. The van der Waals surface area contributed by atoms with Crippen molar-refractivity contribution in [2.24, 2.45) is 0 Å². The number of allylic oxidation sites excluding steroid dienone is 3. The Balaban J connectivity index is 2.51. The van der Waals surface area contributed by atoms with Crippen LogP contribution in [0, 0.1) is 0 Å². The van der Waals surface area contributed by atoms with E-state index in [9.17, 15) is 35.4 Å². The highest BCUT2D eigenvalue weighted by atomic mass is 16.7. The highest BCUT2D eigenvalue weighted by Crippen LogP contribution is 2.22. The molecule has 8 atom stereocenters. The lowest BCUT2D eigenvalue weighted by Gasteiger charge is -2.40. The van der Waals surface area contributed by atoms with Crippen LogP contribution >= 0.6 is 0 Å². The van der Waals surface area contributed by atoms with Crippen LogP contribution in [0.3, 0.4) is 0 Å². The molecule has 1 rings (SSSR count). The molecule has 1 fully saturated rings. The molecule has 0 aromatic heterocycles. The van der Waals surface area contributed by atoms with Crippen LogP contribution in [0.5, 0.6) is 0 Å². The minimum Gasteiger partial charge on any atom is -0.394 e. The van der Waals surface area contributed by atoms with Gasteiger partial charge in [0, 0.05) is 0 Å². The number of aliphatic hydroxyl groups is 6. The summed E-state index contributed by atoms with van der Waals surface area (Å²) in [5, 5.41) is 64.3. The summed E-state index contributed by atoms with van der Waals surface area (Å²) in [5.74, 6) is -0.630. The number of ether oxygens (including phenoxy) is 2. The van der Waals surface area contributed by atoms with Crippen LogP contribution in [0.25, 0.3) is 0 Å². The lowest BCUT2D eigenvalue weighted by molar-refractivity contribution is -0.302. The van der Waals surface area contributed by atoms with Gasteiger partial charge in [-0.25, -0.2) is 0 Å². The lowest BCUT2D eigenvalue weighted by Crippen LogP contribution is -2.60. The number of aliphatic hydroxyl groups excluding tert-OH is 6. The molecule has 1 heterocycles. The van der Waals surface area contributed by atoms with Gasteiger partial charge in [-0.05, 0) is 25.7 Å². The van der Waals surface area contributed by atoms with Crippen molar-refractivity contribution in [3.63, 3.8) is 0 Å². The highest BCUT2D eigenvalue weighted by Gasteiger charge is 2.44. The smallest absolute Gasteiger partial charge is 0.249 e. The van der Waals surface area contributed by atoms with E-state index in [1.54, 1.807) is 12.2 Å². The minimum absolute atomic E-state index is 0.305. The van der Waals surface area contributed by atoms with E-state index in [1.165, 1.54) is 103 Å². The summed E-state index contributed by atoms with van der Waals surface area (Å²) in [6.45, 7) is 3.55. The second-order valence-electron chi connectivity index (χ2n) is 14.6. The summed E-state index contributed by atoms with van der Waals surface area (Å²) >= 11 is 0. The van der Waals surface area contributed by atoms with Crippen molar-refractivity contribution < 1.29 is 44.9 Å². The Labute approximate surface area is 310 Å². The van der Waals surface area contributed by atoms with Gasteiger partial charge in [-0.3, -0.25) is 4.79 Å². The summed E-state index contributed by atoms with van der Waals surface area (Å²) < 4.78 is 11.1. The molecule has 0 aromatic rings. The Kier molecular flexibility index (Phi) is 30.0. The van der Waals surface area contributed by atoms with Gasteiger partial charge in [-0.1, -0.05) is 167 Å². The number of carbonyl (C=O) groups excluding carboxylic acids is 1. The van der Waals surface area contributed by atoms with Gasteiger partial charge < -0.3 is 45.4 Å². The molecular formula is C41H77NO9. The van der Waals surface area contributed by atoms with Gasteiger partial charge in [-0.2, -0.15) is 0 Å². The minimum atomic E-state index is -1.61. The SMILES string of the molecule is CCCCCCCCCC=CCC=CC(O)C(COC1OC(CO)C(O)C(O)C1O)NC(=O)C(O)CCCCCCCCCCCCCCCC. The monoisotopic (exact) mass is 728 g/mol. The summed E-state index contributed by atoms with van der Waals surface area (Å²) in [6.07, 6.45) is 25.6. The summed E-state index contributed by atoms with van der Waals surface area (Å²) in [7, 11) is 0. The predicted molar refractivity (Wildman–Crippen MR) is 204 cm³/mol. The first-order valence-electron chi connectivity index (χ1n) is 20.7. The van der Waals surface area contributed by atoms with Gasteiger partial charge in [0.1, 0.15) is 30.5 Å². The molecule has 0 spiro atoms. The second-order valence-corrected chi connectivity index (χ2v) is 14.6. The molecule has 0 aromatic carbocycles. The van der Waals surface area contributed by atoms with Crippen molar-refractivity contribution in [2.45, 2.75) is 217 Å². The number of nitrogens with one attached hydrogen (secondary N) is 1. The third-order valence-electron chi connectivity index (χ3n) is 9.91. The van der Waals surface area contributed by atoms with E-state index in [4.69, 9.17) is 9.47 Å². The zero-order valence-corrected chi connectivity index (χ0v) is 32.2. The van der Waals surface area contributed by atoms with Crippen molar-refractivity contribution >= 4 is 5.91 Å². The zero-order chi connectivity index (χ0) is 37.5. The second kappa shape index (κ2) is 32.1. The maximum Gasteiger partial charge on any atom is 0.249 e. The standard InChI is InChI=1S/C41H77NO9/c1-3-5-7-9-11-13-15-17-18-20-22-24-26-28-30-35(45)40(49)42-33(32-50-41-39(48)38(47)37(46)36(31-43)51-41)34(44)29-27-25-23-21-19-16-14-12-10-8-6-4-2/h21,23,27,29,33-39,41,43-48H,3-20,22,24-26,28,30-32H2,1-2H3,(H,42,49). The number of carbonyl (C=O) groups is 1. The molecule has 0 bridgehead atoms. The van der Waals surface area contributed by atoms with Crippen molar-refractivity contribution in [1.82, 2.24) is 5.32 Å². The zero-order valence-electron chi connectivity index (χ0n) is 32.2. The Hall–Kier alpha value is -1.37. The summed E-state index contributed by atoms with van der Waals surface area (Å²) in [5.41, 5.74) is 0. The number of unbranched alkanes of at least 4 members (excludes halogenated alkanes) is 20. The molecule has 51 heavy (non-hydrogen) atoms. The molecular weight excluding hydrogens is 650 g/mol. The Morgan fingerprint density at radius 2 is 1.20 bits per heavy atom. The molecule has 7 N–H and O–H groups in total. The fourth-order valence-corrected chi connectivity index (χ4v) is 6.44. The Morgan fingerprint density at radius 1 is 0.686 bits per heavy atom. The summed E-state index contributed by atoms with van der Waals surface area (Å²) in [6, 6.07) is -0.996. The third-order valence-corrected chi connectivity index (χ3v) is 9.91. The molecule has 0 saturated carbocycles. The number of amides is 1. The average molecular weight is 728 g/mol. The van der Waals surface area contributed by atoms with Gasteiger partial charge in [0.2, 0.25) is 5.91 Å². The summed E-state index contributed by atoms with van der Waals surface area (Å²) in [4.78, 5) is 13.0. The third kappa shape index (κ3) is 23.1. The van der Waals surface area contributed by atoms with Gasteiger partial charge in [0.05, 0.1) is 25.4 Å². The van der Waals surface area contributed by atoms with Crippen molar-refractivity contribution in [2.75, 3.05) is 13.2 Å². The normalized spacial score (nSPS) is 22.9. The van der Waals surface area contributed by atoms with E-state index in [-0.39, 0.29) is 6.61 Å². The first-order chi connectivity index (χ1) is 24.8. The molecule has 300 valence electrons. The molecule has 1 amide bonds. The van der Waals surface area contributed by atoms with Crippen LogP contribution in [0.2, 0.25) is 0 Å². The van der Waals surface area contributed by atoms with E-state index < -0.39 is 61.5 Å². The van der Waals surface area contributed by atoms with Gasteiger partial charge >= 0.3 is 0 Å². The Morgan fingerprint density at radius 3 is 1.73 bits per heavy atom. The first kappa shape index (κ1) is 47.7. The van der Waals surface area contributed by atoms with Gasteiger partial charge in [-0.15, -0.1) is 0 Å². The molecule has 1 saturated heterocycles. The topological polar surface area (TPSA) is 169 Å². The number of hydrogen-bond acceptors (Lipinski definition) is 9. The fraction of sp³-hybridized carbons (Fsp3) is 0.878. The molecule has 10 heteroatoms. The van der Waals surface area contributed by atoms with Crippen LogP contribution in [0.15, 0.2) is 24.3 Å². The first-order valence-corrected chi connectivity index (χ1v) is 20.7. The predicted octanol–water partition coefficient (Wildman–Crippen LogP) is 6.52. The van der Waals surface area contributed by atoms with Crippen molar-refractivity contribution in [1.29, 1.82) is 0 Å². The molecule has 0 radical (unpaired) electrons. The van der Waals surface area contributed by atoms with Crippen LogP contribution in [0.1, 0.15) is 168 Å². The largest absolute Gasteiger partial charge is 0.394 e. The number of hydrogen-bond donors (Lipinski definition) is 7. The van der Waals surface area contributed by atoms with E-state index in [2.05, 4.69) is 25.2 Å². The molecule has 8 unspecified atom stereocenters. The molecule has 10 nitrogen and oxygen atoms in total. The van der Waals surface area contributed by atoms with E-state index in [0.29, 0.717) is 19.3 Å². The van der Waals surface area contributed by atoms with Gasteiger partial charge in [0.15, 0.2) is 6.29 Å². The maximum atomic E-state index is 13.0. The van der Waals surface area contributed by atoms with Gasteiger partial charge in [0.25, 0.3) is 0 Å². The average Bonchev–Trinajstić information content (AvgIpc) is 3.13. The van der Waals surface area contributed by atoms with Crippen LogP contribution in [-0.4, -0.2) is 98.7 Å². The Bertz CT molecular complexity index is 870. The quantitative estimate of drug-likeness (QED) is 0.0294. The molecule has 0 aliphatic carbocycles. The fourth-order valence-electron chi connectivity index (χ4n) is 6.44. The van der Waals surface area contributed by atoms with Crippen LogP contribution < -0.4 is 5.32 Å². The highest BCUT2D eigenvalue weighted by molar-refractivity contribution is 5.80. The van der Waals surface area contributed by atoms with E-state index in [1.807, 2.05) is 6.08 Å². The van der Waals surface area contributed by atoms with Crippen LogP contribution in [-0.2, 0) is 14.3 Å². The van der Waals surface area contributed by atoms with Crippen molar-refractivity contribution in [3.8, 4) is 0 Å². The van der Waals surface area contributed by atoms with E-state index in [0.717, 1.165) is 32.1 Å².